The molecular weight excluding hydrogens is 387 g/mol. The first-order chi connectivity index (χ1) is 9.20. The molecule has 0 aliphatic heterocycles. The van der Waals surface area contributed by atoms with E-state index in [4.69, 9.17) is 23.2 Å². The second-order valence-electron chi connectivity index (χ2n) is 3.62. The van der Waals surface area contributed by atoms with Gasteiger partial charge in [0.2, 0.25) is 5.82 Å². The lowest BCUT2D eigenvalue weighted by molar-refractivity contribution is -0.144. The van der Waals surface area contributed by atoms with E-state index in [1.807, 2.05) is 0 Å². The van der Waals surface area contributed by atoms with Crippen molar-refractivity contribution in [1.82, 2.24) is 9.97 Å². The van der Waals surface area contributed by atoms with Crippen molar-refractivity contribution in [1.29, 1.82) is 0 Å². The van der Waals surface area contributed by atoms with Gasteiger partial charge in [0.25, 0.3) is 0 Å². The van der Waals surface area contributed by atoms with Crippen LogP contribution in [0.3, 0.4) is 0 Å². The number of rotatable bonds is 1. The van der Waals surface area contributed by atoms with Gasteiger partial charge in [0.15, 0.2) is 5.82 Å². The van der Waals surface area contributed by atoms with Gasteiger partial charge in [0.05, 0.1) is 10.7 Å². The average Bonchev–Trinajstić information content (AvgIpc) is 2.34. The van der Waals surface area contributed by atoms with Crippen LogP contribution in [0, 0.1) is 5.82 Å². The first kappa shape index (κ1) is 15.5. The topological polar surface area (TPSA) is 25.8 Å². The first-order valence-corrected chi connectivity index (χ1v) is 6.50. The molecular formula is C11H3BrCl2F4N2. The third-order valence-corrected chi connectivity index (χ3v) is 3.71. The Balaban J connectivity index is 2.65. The molecule has 1 heterocycles. The van der Waals surface area contributed by atoms with Gasteiger partial charge in [-0.1, -0.05) is 23.2 Å². The number of benzene rings is 1. The molecule has 0 aliphatic carbocycles. The molecule has 0 fully saturated rings. The second kappa shape index (κ2) is 5.46. The van der Waals surface area contributed by atoms with Crippen LogP contribution in [0.15, 0.2) is 22.7 Å². The molecule has 2 rings (SSSR count). The molecule has 0 bridgehead atoms. The highest BCUT2D eigenvalue weighted by molar-refractivity contribution is 9.10. The van der Waals surface area contributed by atoms with Crippen LogP contribution >= 0.6 is 39.1 Å². The molecule has 2 aromatic rings. The van der Waals surface area contributed by atoms with Crippen molar-refractivity contribution in [2.45, 2.75) is 6.18 Å². The summed E-state index contributed by atoms with van der Waals surface area (Å²) < 4.78 is 52.0. The summed E-state index contributed by atoms with van der Waals surface area (Å²) in [6, 6.07) is 3.66. The summed E-state index contributed by atoms with van der Waals surface area (Å²) in [4.78, 5) is 6.34. The highest BCUT2D eigenvalue weighted by atomic mass is 79.9. The van der Waals surface area contributed by atoms with Crippen LogP contribution in [0.5, 0.6) is 0 Å². The van der Waals surface area contributed by atoms with E-state index >= 15 is 0 Å². The Morgan fingerprint density at radius 1 is 1.10 bits per heavy atom. The SMILES string of the molecule is Fc1c(-c2cc(Cl)nc(C(F)(F)F)n2)ccc(Br)c1Cl. The minimum atomic E-state index is -4.78. The van der Waals surface area contributed by atoms with Gasteiger partial charge in [-0.25, -0.2) is 14.4 Å². The van der Waals surface area contributed by atoms with Gasteiger partial charge in [-0.3, -0.25) is 0 Å². The van der Waals surface area contributed by atoms with Gasteiger partial charge in [0.1, 0.15) is 5.15 Å². The van der Waals surface area contributed by atoms with E-state index in [9.17, 15) is 17.6 Å². The van der Waals surface area contributed by atoms with E-state index in [0.29, 0.717) is 0 Å². The van der Waals surface area contributed by atoms with Gasteiger partial charge >= 0.3 is 6.18 Å². The molecule has 0 unspecified atom stereocenters. The molecule has 1 aromatic heterocycles. The lowest BCUT2D eigenvalue weighted by Gasteiger charge is -2.09. The summed E-state index contributed by atoms with van der Waals surface area (Å²) in [5.41, 5.74) is -0.503. The smallest absolute Gasteiger partial charge is 0.224 e. The van der Waals surface area contributed by atoms with Crippen molar-refractivity contribution in [3.05, 3.63) is 44.5 Å². The molecule has 0 atom stereocenters. The molecule has 2 nitrogen and oxygen atoms in total. The number of alkyl halides is 3. The lowest BCUT2D eigenvalue weighted by Crippen LogP contribution is -2.11. The van der Waals surface area contributed by atoms with Crippen LogP contribution in [0.2, 0.25) is 10.2 Å². The molecule has 9 heteroatoms. The minimum Gasteiger partial charge on any atom is -0.224 e. The maximum Gasteiger partial charge on any atom is 0.451 e. The van der Waals surface area contributed by atoms with E-state index < -0.39 is 23.0 Å². The van der Waals surface area contributed by atoms with E-state index in [-0.39, 0.29) is 20.8 Å². The number of nitrogens with zero attached hydrogens (tertiary/aromatic N) is 2. The van der Waals surface area contributed by atoms with E-state index in [2.05, 4.69) is 25.9 Å². The molecule has 1 aromatic carbocycles. The third kappa shape index (κ3) is 3.05. The molecule has 0 saturated carbocycles. The van der Waals surface area contributed by atoms with Crippen molar-refractivity contribution in [3.63, 3.8) is 0 Å². The van der Waals surface area contributed by atoms with Gasteiger partial charge in [-0.2, -0.15) is 13.2 Å². The summed E-state index contributed by atoms with van der Waals surface area (Å²) in [6.07, 6.45) is -4.78. The largest absolute Gasteiger partial charge is 0.451 e. The molecule has 106 valence electrons. The number of hydrogen-bond donors (Lipinski definition) is 0. The summed E-state index contributed by atoms with van der Waals surface area (Å²) in [5, 5.41) is -0.702. The summed E-state index contributed by atoms with van der Waals surface area (Å²) in [7, 11) is 0. The Bertz CT molecular complexity index is 676. The predicted molar refractivity (Wildman–Crippen MR) is 70.1 cm³/mol. The third-order valence-electron chi connectivity index (χ3n) is 2.26. The summed E-state index contributed by atoms with van der Waals surface area (Å²) in [5.74, 6) is -2.35. The molecule has 0 aliphatic rings. The molecule has 0 saturated heterocycles. The van der Waals surface area contributed by atoms with Gasteiger partial charge < -0.3 is 0 Å². The van der Waals surface area contributed by atoms with Crippen LogP contribution in [0.4, 0.5) is 17.6 Å². The minimum absolute atomic E-state index is 0.201. The Morgan fingerprint density at radius 2 is 1.75 bits per heavy atom. The monoisotopic (exact) mass is 388 g/mol. The van der Waals surface area contributed by atoms with E-state index in [1.165, 1.54) is 12.1 Å². The predicted octanol–water partition coefficient (Wildman–Crippen LogP) is 5.37. The van der Waals surface area contributed by atoms with Crippen molar-refractivity contribution >= 4 is 39.1 Å². The van der Waals surface area contributed by atoms with Gasteiger partial charge in [-0.05, 0) is 28.1 Å². The summed E-state index contributed by atoms with van der Waals surface area (Å²) >= 11 is 14.2. The van der Waals surface area contributed by atoms with Crippen LogP contribution in [0.25, 0.3) is 11.3 Å². The normalized spacial score (nSPS) is 11.8. The average molecular weight is 390 g/mol. The number of halogens is 7. The van der Waals surface area contributed by atoms with Gasteiger partial charge in [0, 0.05) is 16.1 Å². The standard InChI is InChI=1S/C11H3BrCl2F4N2/c12-5-2-1-4(9(15)8(5)14)6-3-7(13)20-10(19-6)11(16,17)18/h1-3H. The molecule has 0 amide bonds. The Hall–Kier alpha value is -0.920. The Morgan fingerprint density at radius 3 is 2.35 bits per heavy atom. The maximum absolute atomic E-state index is 14.0. The fraction of sp³-hybridized carbons (Fsp3) is 0.0909. The maximum atomic E-state index is 14.0. The van der Waals surface area contributed by atoms with E-state index in [1.54, 1.807) is 0 Å². The quantitative estimate of drug-likeness (QED) is 0.372. The molecule has 0 N–H and O–H groups in total. The van der Waals surface area contributed by atoms with Crippen LogP contribution < -0.4 is 0 Å². The first-order valence-electron chi connectivity index (χ1n) is 4.96. The Kier molecular flexibility index (Phi) is 4.22. The van der Waals surface area contributed by atoms with Crippen LogP contribution in [0.1, 0.15) is 5.82 Å². The number of aromatic nitrogens is 2. The van der Waals surface area contributed by atoms with Crippen LogP contribution in [-0.2, 0) is 6.18 Å². The second-order valence-corrected chi connectivity index (χ2v) is 5.24. The van der Waals surface area contributed by atoms with Crippen molar-refractivity contribution in [2.24, 2.45) is 0 Å². The highest BCUT2D eigenvalue weighted by Gasteiger charge is 2.35. The molecule has 20 heavy (non-hydrogen) atoms. The number of hydrogen-bond acceptors (Lipinski definition) is 2. The molecule has 0 spiro atoms. The molecule has 0 radical (unpaired) electrons. The van der Waals surface area contributed by atoms with Gasteiger partial charge in [-0.15, -0.1) is 0 Å². The zero-order chi connectivity index (χ0) is 15.1. The zero-order valence-electron chi connectivity index (χ0n) is 9.27. The van der Waals surface area contributed by atoms with Crippen molar-refractivity contribution < 1.29 is 17.6 Å². The highest BCUT2D eigenvalue weighted by Crippen LogP contribution is 2.34. The fourth-order valence-corrected chi connectivity index (χ4v) is 2.06. The fourth-order valence-electron chi connectivity index (χ4n) is 1.41. The Labute approximate surface area is 128 Å². The van der Waals surface area contributed by atoms with E-state index in [0.717, 1.165) is 6.07 Å². The summed E-state index contributed by atoms with van der Waals surface area (Å²) in [6.45, 7) is 0. The van der Waals surface area contributed by atoms with Crippen molar-refractivity contribution in [2.75, 3.05) is 0 Å². The lowest BCUT2D eigenvalue weighted by atomic mass is 10.1. The zero-order valence-corrected chi connectivity index (χ0v) is 12.4. The van der Waals surface area contributed by atoms with Crippen LogP contribution in [-0.4, -0.2) is 9.97 Å². The van der Waals surface area contributed by atoms with Crippen molar-refractivity contribution in [3.8, 4) is 11.3 Å².